The van der Waals surface area contributed by atoms with Crippen LogP contribution in [0.15, 0.2) is 0 Å². The number of Topliss-reactive ketones (excluding diaryl/α,β-unsaturated/α-hetero) is 1. The van der Waals surface area contributed by atoms with Gasteiger partial charge in [-0.25, -0.2) is 4.79 Å². The number of alkyl halides is 1. The van der Waals surface area contributed by atoms with Crippen LogP contribution in [0.1, 0.15) is 19.8 Å². The molecule has 1 aliphatic rings. The number of nitrogens with zero attached hydrogens (tertiary/aromatic N) is 1. The number of piperidine rings is 1. The summed E-state index contributed by atoms with van der Waals surface area (Å²) in [6.45, 7) is 2.64. The van der Waals surface area contributed by atoms with Crippen LogP contribution in [0.25, 0.3) is 0 Å². The van der Waals surface area contributed by atoms with E-state index in [1.54, 1.807) is 0 Å². The molecule has 1 aliphatic heterocycles. The summed E-state index contributed by atoms with van der Waals surface area (Å²) in [5.74, 6) is 0.293. The fraction of sp³-hybridized carbons (Fsp3) is 0.800. The second-order valence-electron chi connectivity index (χ2n) is 3.91. The third kappa shape index (κ3) is 2.84. The SMILES string of the molecule is COC(=O)N1CCC(C)CC1C(=O)CCl. The number of hydrogen-bond acceptors (Lipinski definition) is 3. The Labute approximate surface area is 94.5 Å². The molecule has 1 amide bonds. The molecule has 4 nitrogen and oxygen atoms in total. The highest BCUT2D eigenvalue weighted by molar-refractivity contribution is 6.28. The van der Waals surface area contributed by atoms with Crippen LogP contribution in [-0.2, 0) is 9.53 Å². The molecular weight excluding hydrogens is 218 g/mol. The molecule has 15 heavy (non-hydrogen) atoms. The average molecular weight is 234 g/mol. The zero-order valence-electron chi connectivity index (χ0n) is 9.03. The normalized spacial score (nSPS) is 26.2. The smallest absolute Gasteiger partial charge is 0.410 e. The Morgan fingerprint density at radius 1 is 1.53 bits per heavy atom. The molecule has 2 atom stereocenters. The Morgan fingerprint density at radius 3 is 2.73 bits per heavy atom. The summed E-state index contributed by atoms with van der Waals surface area (Å²) < 4.78 is 4.64. The lowest BCUT2D eigenvalue weighted by molar-refractivity contribution is -0.123. The van der Waals surface area contributed by atoms with Crippen molar-refractivity contribution in [3.05, 3.63) is 0 Å². The van der Waals surface area contributed by atoms with Gasteiger partial charge in [0.15, 0.2) is 5.78 Å². The lowest BCUT2D eigenvalue weighted by Gasteiger charge is -2.36. The Kier molecular flexibility index (Phi) is 4.39. The van der Waals surface area contributed by atoms with Crippen LogP contribution >= 0.6 is 11.6 Å². The van der Waals surface area contributed by atoms with Gasteiger partial charge in [0.05, 0.1) is 19.0 Å². The minimum absolute atomic E-state index is 0.0507. The first-order valence-corrected chi connectivity index (χ1v) is 5.56. The number of methoxy groups -OCH3 is 1. The van der Waals surface area contributed by atoms with Gasteiger partial charge in [-0.1, -0.05) is 6.92 Å². The summed E-state index contributed by atoms with van der Waals surface area (Å²) in [5, 5.41) is 0. The second kappa shape index (κ2) is 5.35. The van der Waals surface area contributed by atoms with E-state index in [9.17, 15) is 9.59 Å². The number of rotatable bonds is 2. The van der Waals surface area contributed by atoms with Crippen molar-refractivity contribution in [3.63, 3.8) is 0 Å². The van der Waals surface area contributed by atoms with Crippen LogP contribution in [0.4, 0.5) is 4.79 Å². The van der Waals surface area contributed by atoms with Crippen molar-refractivity contribution in [2.45, 2.75) is 25.8 Å². The summed E-state index contributed by atoms with van der Waals surface area (Å²) in [6, 6.07) is -0.404. The topological polar surface area (TPSA) is 46.6 Å². The van der Waals surface area contributed by atoms with Crippen LogP contribution in [0, 0.1) is 5.92 Å². The lowest BCUT2D eigenvalue weighted by atomic mass is 9.91. The van der Waals surface area contributed by atoms with E-state index in [0.717, 1.165) is 6.42 Å². The maximum absolute atomic E-state index is 11.6. The molecule has 0 bridgehead atoms. The summed E-state index contributed by atoms with van der Waals surface area (Å²) in [6.07, 6.45) is 1.15. The number of hydrogen-bond donors (Lipinski definition) is 0. The first kappa shape index (κ1) is 12.3. The second-order valence-corrected chi connectivity index (χ2v) is 4.18. The average Bonchev–Trinajstić information content (AvgIpc) is 2.26. The predicted molar refractivity (Wildman–Crippen MR) is 57.0 cm³/mol. The molecule has 86 valence electrons. The third-order valence-corrected chi connectivity index (χ3v) is 3.04. The molecule has 0 aromatic carbocycles. The Balaban J connectivity index is 2.74. The molecule has 1 heterocycles. The molecular formula is C10H16ClNO3. The van der Waals surface area contributed by atoms with Crippen LogP contribution in [-0.4, -0.2) is 42.4 Å². The van der Waals surface area contributed by atoms with Crippen molar-refractivity contribution in [2.24, 2.45) is 5.92 Å². The van der Waals surface area contributed by atoms with Gasteiger partial charge in [-0.3, -0.25) is 9.69 Å². The van der Waals surface area contributed by atoms with Gasteiger partial charge in [0, 0.05) is 6.54 Å². The maximum atomic E-state index is 11.6. The van der Waals surface area contributed by atoms with E-state index in [-0.39, 0.29) is 11.7 Å². The van der Waals surface area contributed by atoms with Crippen molar-refractivity contribution in [1.82, 2.24) is 4.90 Å². The Hall–Kier alpha value is -0.770. The highest BCUT2D eigenvalue weighted by Gasteiger charge is 2.34. The largest absolute Gasteiger partial charge is 0.453 e. The number of carbonyl (C=O) groups excluding carboxylic acids is 2. The number of ketones is 1. The predicted octanol–water partition coefficient (Wildman–Crippen LogP) is 1.66. The van der Waals surface area contributed by atoms with Crippen molar-refractivity contribution in [2.75, 3.05) is 19.5 Å². The zero-order chi connectivity index (χ0) is 11.4. The minimum Gasteiger partial charge on any atom is -0.453 e. The molecule has 1 saturated heterocycles. The van der Waals surface area contributed by atoms with Crippen LogP contribution in [0.3, 0.4) is 0 Å². The fourth-order valence-electron chi connectivity index (χ4n) is 1.87. The zero-order valence-corrected chi connectivity index (χ0v) is 9.79. The minimum atomic E-state index is -0.439. The quantitative estimate of drug-likeness (QED) is 0.682. The monoisotopic (exact) mass is 233 g/mol. The van der Waals surface area contributed by atoms with E-state index >= 15 is 0 Å². The third-order valence-electron chi connectivity index (χ3n) is 2.78. The van der Waals surface area contributed by atoms with E-state index in [1.807, 2.05) is 0 Å². The fourth-order valence-corrected chi connectivity index (χ4v) is 2.05. The molecule has 0 aromatic heterocycles. The van der Waals surface area contributed by atoms with Crippen molar-refractivity contribution >= 4 is 23.5 Å². The number of likely N-dealkylation sites (tertiary alicyclic amines) is 1. The number of carbonyl (C=O) groups is 2. The molecule has 5 heteroatoms. The van der Waals surface area contributed by atoms with Gasteiger partial charge in [-0.05, 0) is 18.8 Å². The summed E-state index contributed by atoms with van der Waals surface area (Å²) >= 11 is 5.52. The first-order chi connectivity index (χ1) is 7.10. The van der Waals surface area contributed by atoms with Gasteiger partial charge in [-0.15, -0.1) is 11.6 Å². The molecule has 0 spiro atoms. The Morgan fingerprint density at radius 2 is 2.20 bits per heavy atom. The van der Waals surface area contributed by atoms with Crippen molar-refractivity contribution in [3.8, 4) is 0 Å². The van der Waals surface area contributed by atoms with E-state index < -0.39 is 12.1 Å². The summed E-state index contributed by atoms with van der Waals surface area (Å²) in [5.41, 5.74) is 0. The van der Waals surface area contributed by atoms with E-state index in [2.05, 4.69) is 11.7 Å². The number of ether oxygens (including phenoxy) is 1. The van der Waals surface area contributed by atoms with E-state index in [1.165, 1.54) is 12.0 Å². The summed E-state index contributed by atoms with van der Waals surface area (Å²) in [7, 11) is 1.32. The van der Waals surface area contributed by atoms with Crippen molar-refractivity contribution < 1.29 is 14.3 Å². The van der Waals surface area contributed by atoms with Gasteiger partial charge in [0.25, 0.3) is 0 Å². The van der Waals surface area contributed by atoms with Gasteiger partial charge in [0.2, 0.25) is 0 Å². The van der Waals surface area contributed by atoms with Crippen LogP contribution in [0.5, 0.6) is 0 Å². The number of amides is 1. The number of halogens is 1. The molecule has 2 unspecified atom stereocenters. The Bertz CT molecular complexity index is 257. The van der Waals surface area contributed by atoms with Crippen LogP contribution in [0.2, 0.25) is 0 Å². The van der Waals surface area contributed by atoms with Crippen LogP contribution < -0.4 is 0 Å². The lowest BCUT2D eigenvalue weighted by Crippen LogP contribution is -2.50. The molecule has 0 aromatic rings. The molecule has 1 fully saturated rings. The molecule has 0 saturated carbocycles. The van der Waals surface area contributed by atoms with Gasteiger partial charge in [-0.2, -0.15) is 0 Å². The van der Waals surface area contributed by atoms with Gasteiger partial charge >= 0.3 is 6.09 Å². The van der Waals surface area contributed by atoms with Crippen molar-refractivity contribution in [1.29, 1.82) is 0 Å². The molecule has 0 N–H and O–H groups in total. The van der Waals surface area contributed by atoms with Gasteiger partial charge in [0.1, 0.15) is 0 Å². The highest BCUT2D eigenvalue weighted by Crippen LogP contribution is 2.23. The molecule has 1 rings (SSSR count). The molecule has 0 aliphatic carbocycles. The van der Waals surface area contributed by atoms with E-state index in [4.69, 9.17) is 11.6 Å². The summed E-state index contributed by atoms with van der Waals surface area (Å²) in [4.78, 5) is 24.5. The van der Waals surface area contributed by atoms with Gasteiger partial charge < -0.3 is 4.74 Å². The maximum Gasteiger partial charge on any atom is 0.410 e. The molecule has 0 radical (unpaired) electrons. The standard InChI is InChI=1S/C10H16ClNO3/c1-7-3-4-12(10(14)15-2)8(5-7)9(13)6-11/h7-8H,3-6H2,1-2H3. The van der Waals surface area contributed by atoms with E-state index in [0.29, 0.717) is 18.9 Å². The first-order valence-electron chi connectivity index (χ1n) is 5.03. The highest BCUT2D eigenvalue weighted by atomic mass is 35.5.